The quantitative estimate of drug-likeness (QED) is 0.918. The highest BCUT2D eigenvalue weighted by molar-refractivity contribution is 7.07. The highest BCUT2D eigenvalue weighted by atomic mass is 32.1. The van der Waals surface area contributed by atoms with Crippen molar-refractivity contribution in [2.75, 3.05) is 0 Å². The zero-order valence-electron chi connectivity index (χ0n) is 13.2. The molecule has 116 valence electrons. The van der Waals surface area contributed by atoms with Gasteiger partial charge >= 0.3 is 0 Å². The smallest absolute Gasteiger partial charge is 0.241 e. The summed E-state index contributed by atoms with van der Waals surface area (Å²) < 4.78 is 0. The van der Waals surface area contributed by atoms with Crippen LogP contribution < -0.4 is 5.32 Å². The molecule has 4 heteroatoms. The zero-order chi connectivity index (χ0) is 15.0. The van der Waals surface area contributed by atoms with Gasteiger partial charge in [0.1, 0.15) is 6.17 Å². The first-order valence-corrected chi connectivity index (χ1v) is 9.16. The summed E-state index contributed by atoms with van der Waals surface area (Å²) in [6, 6.07) is 2.55. The summed E-state index contributed by atoms with van der Waals surface area (Å²) in [6.45, 7) is 6.65. The van der Waals surface area contributed by atoms with Gasteiger partial charge < -0.3 is 4.90 Å². The SMILES string of the molecule is CCC(C)C1NC(c2ccsc2)N(C2CCC(C)C2)C1=O. The molecule has 2 aliphatic rings. The van der Waals surface area contributed by atoms with Gasteiger partial charge in [0.25, 0.3) is 0 Å². The van der Waals surface area contributed by atoms with Crippen LogP contribution in [0.1, 0.15) is 58.2 Å². The number of carbonyl (C=O) groups excluding carboxylic acids is 1. The van der Waals surface area contributed by atoms with E-state index < -0.39 is 0 Å². The van der Waals surface area contributed by atoms with E-state index in [1.165, 1.54) is 12.0 Å². The molecule has 1 saturated carbocycles. The van der Waals surface area contributed by atoms with Crippen molar-refractivity contribution in [2.45, 2.75) is 64.7 Å². The number of rotatable bonds is 4. The number of nitrogens with one attached hydrogen (secondary N) is 1. The molecule has 5 atom stereocenters. The molecule has 1 aliphatic heterocycles. The molecule has 0 aromatic carbocycles. The second-order valence-electron chi connectivity index (χ2n) is 6.81. The first-order valence-electron chi connectivity index (χ1n) is 8.22. The lowest BCUT2D eigenvalue weighted by Crippen LogP contribution is -2.39. The second-order valence-corrected chi connectivity index (χ2v) is 7.59. The van der Waals surface area contributed by atoms with Crippen LogP contribution in [0.15, 0.2) is 16.8 Å². The summed E-state index contributed by atoms with van der Waals surface area (Å²) in [5, 5.41) is 7.90. The van der Waals surface area contributed by atoms with Crippen LogP contribution in [0.2, 0.25) is 0 Å². The van der Waals surface area contributed by atoms with E-state index in [-0.39, 0.29) is 12.2 Å². The number of carbonyl (C=O) groups is 1. The maximum absolute atomic E-state index is 13.0. The van der Waals surface area contributed by atoms with E-state index in [0.29, 0.717) is 17.9 Å². The Balaban J connectivity index is 1.87. The number of hydrogen-bond donors (Lipinski definition) is 1. The van der Waals surface area contributed by atoms with Crippen LogP contribution in [0.5, 0.6) is 0 Å². The minimum atomic E-state index is -0.0178. The third-order valence-electron chi connectivity index (χ3n) is 5.27. The molecular weight excluding hydrogens is 280 g/mol. The first kappa shape index (κ1) is 15.0. The molecule has 2 heterocycles. The van der Waals surface area contributed by atoms with E-state index in [0.717, 1.165) is 25.2 Å². The summed E-state index contributed by atoms with van der Waals surface area (Å²) >= 11 is 1.71. The third-order valence-corrected chi connectivity index (χ3v) is 5.97. The summed E-state index contributed by atoms with van der Waals surface area (Å²) in [6.07, 6.45) is 4.68. The molecular formula is C17H26N2OS. The maximum atomic E-state index is 13.0. The zero-order valence-corrected chi connectivity index (χ0v) is 14.0. The van der Waals surface area contributed by atoms with Crippen LogP contribution in [-0.4, -0.2) is 22.9 Å². The monoisotopic (exact) mass is 306 g/mol. The van der Waals surface area contributed by atoms with E-state index in [2.05, 4.69) is 47.8 Å². The number of thiophene rings is 1. The molecule has 1 amide bonds. The van der Waals surface area contributed by atoms with Crippen molar-refractivity contribution in [3.05, 3.63) is 22.4 Å². The Kier molecular flexibility index (Phi) is 4.36. The fourth-order valence-electron chi connectivity index (χ4n) is 3.76. The Bertz CT molecular complexity index is 487. The van der Waals surface area contributed by atoms with E-state index in [1.807, 2.05) is 0 Å². The number of amides is 1. The normalized spacial score (nSPS) is 34.6. The average Bonchev–Trinajstić information content (AvgIpc) is 3.17. The number of nitrogens with zero attached hydrogens (tertiary/aromatic N) is 1. The highest BCUT2D eigenvalue weighted by Gasteiger charge is 2.46. The number of hydrogen-bond acceptors (Lipinski definition) is 3. The molecule has 1 aromatic heterocycles. The summed E-state index contributed by atoms with van der Waals surface area (Å²) in [5.41, 5.74) is 1.25. The van der Waals surface area contributed by atoms with Crippen LogP contribution >= 0.6 is 11.3 Å². The molecule has 3 rings (SSSR count). The highest BCUT2D eigenvalue weighted by Crippen LogP contribution is 2.38. The Morgan fingerprint density at radius 2 is 2.29 bits per heavy atom. The van der Waals surface area contributed by atoms with Gasteiger partial charge in [0.2, 0.25) is 5.91 Å². The minimum Gasteiger partial charge on any atom is -0.319 e. The molecule has 5 unspecified atom stereocenters. The Labute approximate surface area is 131 Å². The van der Waals surface area contributed by atoms with Crippen LogP contribution in [-0.2, 0) is 4.79 Å². The van der Waals surface area contributed by atoms with Gasteiger partial charge in [0, 0.05) is 6.04 Å². The van der Waals surface area contributed by atoms with Gasteiger partial charge in [-0.3, -0.25) is 10.1 Å². The molecule has 21 heavy (non-hydrogen) atoms. The van der Waals surface area contributed by atoms with Crippen molar-refractivity contribution in [2.24, 2.45) is 11.8 Å². The van der Waals surface area contributed by atoms with Crippen molar-refractivity contribution < 1.29 is 4.79 Å². The summed E-state index contributed by atoms with van der Waals surface area (Å²) in [4.78, 5) is 15.1. The predicted octanol–water partition coefficient (Wildman–Crippen LogP) is 3.78. The molecule has 1 aromatic rings. The largest absolute Gasteiger partial charge is 0.319 e. The van der Waals surface area contributed by atoms with Crippen molar-refractivity contribution >= 4 is 17.2 Å². The molecule has 2 fully saturated rings. The van der Waals surface area contributed by atoms with Crippen molar-refractivity contribution in [3.63, 3.8) is 0 Å². The van der Waals surface area contributed by atoms with Crippen LogP contribution in [0.4, 0.5) is 0 Å². The average molecular weight is 306 g/mol. The molecule has 0 bridgehead atoms. The Morgan fingerprint density at radius 3 is 2.86 bits per heavy atom. The van der Waals surface area contributed by atoms with Gasteiger partial charge in [-0.2, -0.15) is 11.3 Å². The second kappa shape index (κ2) is 6.09. The molecule has 1 N–H and O–H groups in total. The standard InChI is InChI=1S/C17H26N2OS/c1-4-12(3)15-17(20)19(14-6-5-11(2)9-14)16(18-15)13-7-8-21-10-13/h7-8,10-12,14-16,18H,4-6,9H2,1-3H3. The van der Waals surface area contributed by atoms with Crippen molar-refractivity contribution in [3.8, 4) is 0 Å². The van der Waals surface area contributed by atoms with Gasteiger partial charge in [-0.15, -0.1) is 0 Å². The molecule has 3 nitrogen and oxygen atoms in total. The fraction of sp³-hybridized carbons (Fsp3) is 0.706. The van der Waals surface area contributed by atoms with Gasteiger partial charge in [-0.05, 0) is 53.5 Å². The van der Waals surface area contributed by atoms with Gasteiger partial charge in [0.05, 0.1) is 6.04 Å². The summed E-state index contributed by atoms with van der Waals surface area (Å²) in [7, 11) is 0. The lowest BCUT2D eigenvalue weighted by atomic mass is 9.99. The van der Waals surface area contributed by atoms with Crippen LogP contribution in [0.25, 0.3) is 0 Å². The van der Waals surface area contributed by atoms with Crippen molar-refractivity contribution in [1.82, 2.24) is 10.2 Å². The maximum Gasteiger partial charge on any atom is 0.241 e. The van der Waals surface area contributed by atoms with Gasteiger partial charge in [0.15, 0.2) is 0 Å². The van der Waals surface area contributed by atoms with Crippen LogP contribution in [0, 0.1) is 11.8 Å². The third kappa shape index (κ3) is 2.76. The van der Waals surface area contributed by atoms with E-state index in [4.69, 9.17) is 0 Å². The first-order chi connectivity index (χ1) is 10.1. The molecule has 0 spiro atoms. The van der Waals surface area contributed by atoms with Crippen molar-refractivity contribution in [1.29, 1.82) is 0 Å². The summed E-state index contributed by atoms with van der Waals surface area (Å²) in [5.74, 6) is 1.45. The van der Waals surface area contributed by atoms with Gasteiger partial charge in [-0.25, -0.2) is 0 Å². The molecule has 0 radical (unpaired) electrons. The van der Waals surface area contributed by atoms with E-state index in [1.54, 1.807) is 11.3 Å². The Hall–Kier alpha value is -0.870. The van der Waals surface area contributed by atoms with Crippen LogP contribution in [0.3, 0.4) is 0 Å². The minimum absolute atomic E-state index is 0.0178. The topological polar surface area (TPSA) is 32.3 Å². The lowest BCUT2D eigenvalue weighted by Gasteiger charge is -2.30. The van der Waals surface area contributed by atoms with Gasteiger partial charge in [-0.1, -0.05) is 27.2 Å². The predicted molar refractivity (Wildman–Crippen MR) is 87.1 cm³/mol. The fourth-order valence-corrected chi connectivity index (χ4v) is 4.44. The lowest BCUT2D eigenvalue weighted by molar-refractivity contribution is -0.133. The Morgan fingerprint density at radius 1 is 1.48 bits per heavy atom. The van der Waals surface area contributed by atoms with E-state index in [9.17, 15) is 4.79 Å². The molecule has 1 aliphatic carbocycles. The van der Waals surface area contributed by atoms with E-state index >= 15 is 0 Å². The molecule has 1 saturated heterocycles.